The van der Waals surface area contributed by atoms with E-state index in [4.69, 9.17) is 16.7 Å². The molecule has 0 radical (unpaired) electrons. The number of nitriles is 1. The Balaban J connectivity index is 2.79. The number of hydrogen-bond donors (Lipinski definition) is 2. The number of hydrogen-bond acceptors (Lipinski definition) is 4. The summed E-state index contributed by atoms with van der Waals surface area (Å²) in [7, 11) is 0. The van der Waals surface area contributed by atoms with Crippen molar-refractivity contribution in [3.8, 4) is 6.07 Å². The normalized spacial score (nSPS) is 10.1. The molecule has 6 heteroatoms. The fourth-order valence-corrected chi connectivity index (χ4v) is 1.33. The third kappa shape index (κ3) is 1.26. The highest BCUT2D eigenvalue weighted by Gasteiger charge is 2.11. The fourth-order valence-electron chi connectivity index (χ4n) is 1.33. The average molecular weight is 201 g/mol. The minimum Gasteiger partial charge on any atom is -0.396 e. The Morgan fingerprint density at radius 1 is 1.60 bits per heavy atom. The van der Waals surface area contributed by atoms with Gasteiger partial charge in [-0.25, -0.2) is 4.52 Å². The first-order valence-electron chi connectivity index (χ1n) is 4.10. The Morgan fingerprint density at radius 2 is 2.33 bits per heavy atom. The standard InChI is InChI=1S/C9H7N5O/c10-2-5-1-7-8(11)6(9(12)15)3-13-14(7)4-5/h1,3-4H,11H2,(H2,12,15). The van der Waals surface area contributed by atoms with Gasteiger partial charge in [-0.3, -0.25) is 4.79 Å². The summed E-state index contributed by atoms with van der Waals surface area (Å²) < 4.78 is 1.43. The lowest BCUT2D eigenvalue weighted by Crippen LogP contribution is -2.15. The van der Waals surface area contributed by atoms with Gasteiger partial charge in [0.25, 0.3) is 5.91 Å². The van der Waals surface area contributed by atoms with E-state index in [1.165, 1.54) is 16.9 Å². The Hall–Kier alpha value is -2.55. The molecule has 0 fully saturated rings. The maximum Gasteiger partial charge on any atom is 0.252 e. The summed E-state index contributed by atoms with van der Waals surface area (Å²) >= 11 is 0. The Bertz CT molecular complexity index is 592. The van der Waals surface area contributed by atoms with Crippen LogP contribution in [0.5, 0.6) is 0 Å². The van der Waals surface area contributed by atoms with E-state index in [1.807, 2.05) is 6.07 Å². The molecule has 0 saturated carbocycles. The lowest BCUT2D eigenvalue weighted by atomic mass is 10.2. The van der Waals surface area contributed by atoms with E-state index in [0.717, 1.165) is 0 Å². The molecule has 6 nitrogen and oxygen atoms in total. The van der Waals surface area contributed by atoms with E-state index in [-0.39, 0.29) is 11.3 Å². The number of primary amides is 1. The van der Waals surface area contributed by atoms with Gasteiger partial charge in [0.05, 0.1) is 28.5 Å². The first-order chi connectivity index (χ1) is 7.13. The first kappa shape index (κ1) is 9.02. The SMILES string of the molecule is N#Cc1cc2c(N)c(C(N)=O)cnn2c1. The molecule has 0 aliphatic heterocycles. The van der Waals surface area contributed by atoms with E-state index in [2.05, 4.69) is 5.10 Å². The second-order valence-corrected chi connectivity index (χ2v) is 3.01. The highest BCUT2D eigenvalue weighted by Crippen LogP contribution is 2.19. The second kappa shape index (κ2) is 2.99. The zero-order chi connectivity index (χ0) is 11.0. The van der Waals surface area contributed by atoms with Gasteiger partial charge in [-0.05, 0) is 6.07 Å². The molecule has 74 valence electrons. The van der Waals surface area contributed by atoms with Crippen LogP contribution in [0.25, 0.3) is 5.52 Å². The van der Waals surface area contributed by atoms with Crippen LogP contribution in [-0.4, -0.2) is 15.5 Å². The van der Waals surface area contributed by atoms with Crippen molar-refractivity contribution >= 4 is 17.1 Å². The van der Waals surface area contributed by atoms with Crippen LogP contribution < -0.4 is 11.5 Å². The quantitative estimate of drug-likeness (QED) is 0.670. The highest BCUT2D eigenvalue weighted by molar-refractivity contribution is 6.01. The summed E-state index contributed by atoms with van der Waals surface area (Å²) in [6.45, 7) is 0. The number of anilines is 1. The van der Waals surface area contributed by atoms with Crippen molar-refractivity contribution in [2.24, 2.45) is 5.73 Å². The molecule has 4 N–H and O–H groups in total. The van der Waals surface area contributed by atoms with Crippen LogP contribution in [0.15, 0.2) is 18.5 Å². The number of rotatable bonds is 1. The highest BCUT2D eigenvalue weighted by atomic mass is 16.1. The minimum absolute atomic E-state index is 0.157. The molecule has 0 spiro atoms. The predicted molar refractivity (Wildman–Crippen MR) is 52.8 cm³/mol. The Labute approximate surface area is 84.7 Å². The van der Waals surface area contributed by atoms with Crippen molar-refractivity contribution in [2.75, 3.05) is 5.73 Å². The van der Waals surface area contributed by atoms with Crippen LogP contribution in [0.1, 0.15) is 15.9 Å². The largest absolute Gasteiger partial charge is 0.396 e. The summed E-state index contributed by atoms with van der Waals surface area (Å²) in [5.41, 5.74) is 12.2. The zero-order valence-electron chi connectivity index (χ0n) is 7.64. The third-order valence-electron chi connectivity index (χ3n) is 2.07. The van der Waals surface area contributed by atoms with E-state index in [1.54, 1.807) is 6.07 Å². The third-order valence-corrected chi connectivity index (χ3v) is 2.07. The maximum absolute atomic E-state index is 11.0. The number of nitrogens with zero attached hydrogens (tertiary/aromatic N) is 3. The van der Waals surface area contributed by atoms with Crippen molar-refractivity contribution in [1.82, 2.24) is 9.61 Å². The van der Waals surface area contributed by atoms with Gasteiger partial charge in [0.2, 0.25) is 0 Å². The minimum atomic E-state index is -0.637. The number of carbonyl (C=O) groups is 1. The molecule has 1 amide bonds. The van der Waals surface area contributed by atoms with Crippen molar-refractivity contribution in [2.45, 2.75) is 0 Å². The number of aromatic nitrogens is 2. The number of fused-ring (bicyclic) bond motifs is 1. The summed E-state index contributed by atoms with van der Waals surface area (Å²) in [6, 6.07) is 3.51. The van der Waals surface area contributed by atoms with Gasteiger partial charge in [0.15, 0.2) is 0 Å². The molecule has 15 heavy (non-hydrogen) atoms. The summed E-state index contributed by atoms with van der Waals surface area (Å²) in [5, 5.41) is 12.6. The number of carbonyl (C=O) groups excluding carboxylic acids is 1. The number of nitrogen functional groups attached to an aromatic ring is 1. The summed E-state index contributed by atoms with van der Waals surface area (Å²) in [5.74, 6) is -0.637. The van der Waals surface area contributed by atoms with Crippen molar-refractivity contribution < 1.29 is 4.79 Å². The van der Waals surface area contributed by atoms with E-state index in [9.17, 15) is 4.79 Å². The molecule has 0 unspecified atom stereocenters. The predicted octanol–water partition coefficient (Wildman–Crippen LogP) is -0.113. The molecule has 2 heterocycles. The van der Waals surface area contributed by atoms with Gasteiger partial charge in [-0.2, -0.15) is 10.4 Å². The van der Waals surface area contributed by atoms with Crippen LogP contribution in [0.4, 0.5) is 5.69 Å². The van der Waals surface area contributed by atoms with Gasteiger partial charge in [0, 0.05) is 6.20 Å². The van der Waals surface area contributed by atoms with Crippen LogP contribution >= 0.6 is 0 Å². The van der Waals surface area contributed by atoms with Gasteiger partial charge < -0.3 is 11.5 Å². The van der Waals surface area contributed by atoms with Crippen LogP contribution in [0, 0.1) is 11.3 Å². The second-order valence-electron chi connectivity index (χ2n) is 3.01. The molecule has 0 aliphatic rings. The molecule has 0 aromatic carbocycles. The molecule has 0 aliphatic carbocycles. The van der Waals surface area contributed by atoms with E-state index in [0.29, 0.717) is 11.1 Å². The monoisotopic (exact) mass is 201 g/mol. The molecule has 0 atom stereocenters. The zero-order valence-corrected chi connectivity index (χ0v) is 7.64. The molecule has 0 saturated heterocycles. The van der Waals surface area contributed by atoms with Gasteiger partial charge >= 0.3 is 0 Å². The average Bonchev–Trinajstić information content (AvgIpc) is 2.61. The molecular weight excluding hydrogens is 194 g/mol. The van der Waals surface area contributed by atoms with E-state index < -0.39 is 5.91 Å². The molecular formula is C9H7N5O. The Kier molecular flexibility index (Phi) is 1.80. The maximum atomic E-state index is 11.0. The lowest BCUT2D eigenvalue weighted by Gasteiger charge is -2.02. The van der Waals surface area contributed by atoms with Crippen LogP contribution in [-0.2, 0) is 0 Å². The molecule has 2 aromatic heterocycles. The Morgan fingerprint density at radius 3 is 2.93 bits per heavy atom. The van der Waals surface area contributed by atoms with Crippen LogP contribution in [0.3, 0.4) is 0 Å². The first-order valence-corrected chi connectivity index (χ1v) is 4.10. The summed E-state index contributed by atoms with van der Waals surface area (Å²) in [6.07, 6.45) is 2.81. The molecule has 2 rings (SSSR count). The number of amides is 1. The fraction of sp³-hybridized carbons (Fsp3) is 0. The van der Waals surface area contributed by atoms with E-state index >= 15 is 0 Å². The van der Waals surface area contributed by atoms with Gasteiger partial charge in [0.1, 0.15) is 6.07 Å². The van der Waals surface area contributed by atoms with Crippen molar-refractivity contribution in [3.05, 3.63) is 29.6 Å². The lowest BCUT2D eigenvalue weighted by molar-refractivity contribution is 0.100. The van der Waals surface area contributed by atoms with Gasteiger partial charge in [-0.1, -0.05) is 0 Å². The van der Waals surface area contributed by atoms with Crippen LogP contribution in [0.2, 0.25) is 0 Å². The molecule has 2 aromatic rings. The number of nitrogens with two attached hydrogens (primary N) is 2. The summed E-state index contributed by atoms with van der Waals surface area (Å²) in [4.78, 5) is 11.0. The topological polar surface area (TPSA) is 110 Å². The van der Waals surface area contributed by atoms with Gasteiger partial charge in [-0.15, -0.1) is 0 Å². The van der Waals surface area contributed by atoms with Crippen molar-refractivity contribution in [1.29, 1.82) is 5.26 Å². The smallest absolute Gasteiger partial charge is 0.252 e. The molecule has 0 bridgehead atoms. The van der Waals surface area contributed by atoms with Crippen molar-refractivity contribution in [3.63, 3.8) is 0 Å².